The minimum atomic E-state index is -0.134. The Kier molecular flexibility index (Phi) is 4.64. The van der Waals surface area contributed by atoms with E-state index in [1.54, 1.807) is 28.9 Å². The molecule has 1 N–H and O–H groups in total. The molecule has 21 heavy (non-hydrogen) atoms. The van der Waals surface area contributed by atoms with Crippen molar-refractivity contribution in [3.8, 4) is 0 Å². The first-order valence-corrected chi connectivity index (χ1v) is 8.88. The van der Waals surface area contributed by atoms with Crippen molar-refractivity contribution >= 4 is 56.8 Å². The molecule has 2 aromatic heterocycles. The van der Waals surface area contributed by atoms with Crippen LogP contribution in [-0.2, 0) is 4.79 Å². The van der Waals surface area contributed by atoms with E-state index in [1.807, 2.05) is 41.1 Å². The zero-order valence-electron chi connectivity index (χ0n) is 10.9. The van der Waals surface area contributed by atoms with Crippen LogP contribution in [-0.4, -0.2) is 22.9 Å². The van der Waals surface area contributed by atoms with Gasteiger partial charge in [0.25, 0.3) is 5.91 Å². The molecule has 0 aliphatic heterocycles. The average molecular weight is 333 g/mol. The molecule has 0 bridgehead atoms. The molecule has 0 fully saturated rings. The minimum Gasteiger partial charge on any atom is -0.272 e. The molecule has 1 aromatic carbocycles. The van der Waals surface area contributed by atoms with Crippen molar-refractivity contribution in [3.63, 3.8) is 0 Å². The monoisotopic (exact) mass is 333 g/mol. The number of hydrazone groups is 1. The van der Waals surface area contributed by atoms with Crippen molar-refractivity contribution in [3.05, 3.63) is 46.7 Å². The first kappa shape index (κ1) is 14.2. The number of carbonyl (C=O) groups is 1. The molecule has 3 aromatic rings. The van der Waals surface area contributed by atoms with Crippen LogP contribution in [0.5, 0.6) is 0 Å². The van der Waals surface area contributed by atoms with Gasteiger partial charge in [0.05, 0.1) is 22.2 Å². The van der Waals surface area contributed by atoms with Gasteiger partial charge in [-0.15, -0.1) is 11.3 Å². The number of para-hydroxylation sites is 1. The molecule has 0 aliphatic rings. The number of thiophene rings is 1. The highest BCUT2D eigenvalue weighted by Gasteiger charge is 2.06. The highest BCUT2D eigenvalue weighted by Crippen LogP contribution is 2.28. The van der Waals surface area contributed by atoms with Crippen molar-refractivity contribution in [2.75, 3.05) is 5.75 Å². The van der Waals surface area contributed by atoms with E-state index in [-0.39, 0.29) is 5.91 Å². The Morgan fingerprint density at radius 3 is 3.10 bits per heavy atom. The molecule has 0 spiro atoms. The van der Waals surface area contributed by atoms with Crippen LogP contribution < -0.4 is 5.43 Å². The van der Waals surface area contributed by atoms with Crippen molar-refractivity contribution in [2.24, 2.45) is 5.10 Å². The third-order valence-electron chi connectivity index (χ3n) is 2.55. The van der Waals surface area contributed by atoms with Gasteiger partial charge < -0.3 is 0 Å². The number of fused-ring (bicyclic) bond motifs is 1. The van der Waals surface area contributed by atoms with E-state index in [9.17, 15) is 4.79 Å². The number of hydrogen-bond donors (Lipinski definition) is 1. The Morgan fingerprint density at radius 1 is 1.38 bits per heavy atom. The number of aromatic nitrogens is 1. The summed E-state index contributed by atoms with van der Waals surface area (Å²) in [7, 11) is 0. The minimum absolute atomic E-state index is 0.134. The molecule has 0 aliphatic carbocycles. The average Bonchev–Trinajstić information content (AvgIpc) is 3.13. The first-order chi connectivity index (χ1) is 10.3. The van der Waals surface area contributed by atoms with Crippen LogP contribution >= 0.6 is 34.4 Å². The molecule has 2 heterocycles. The number of nitrogens with one attached hydrogen (secondary N) is 1. The molecule has 0 unspecified atom stereocenters. The van der Waals surface area contributed by atoms with Crippen molar-refractivity contribution in [1.82, 2.24) is 10.4 Å². The zero-order chi connectivity index (χ0) is 14.5. The van der Waals surface area contributed by atoms with Crippen molar-refractivity contribution < 1.29 is 4.79 Å². The predicted molar refractivity (Wildman–Crippen MR) is 90.4 cm³/mol. The van der Waals surface area contributed by atoms with Gasteiger partial charge in [0, 0.05) is 5.56 Å². The summed E-state index contributed by atoms with van der Waals surface area (Å²) in [6.07, 6.45) is 1.64. The van der Waals surface area contributed by atoms with Gasteiger partial charge >= 0.3 is 0 Å². The second-order valence-corrected chi connectivity index (χ2v) is 7.12. The third-order valence-corrected chi connectivity index (χ3v) is 5.43. The Balaban J connectivity index is 1.51. The molecule has 4 nitrogen and oxygen atoms in total. The second-order valence-electron chi connectivity index (χ2n) is 4.09. The van der Waals surface area contributed by atoms with Gasteiger partial charge in [-0.05, 0) is 29.0 Å². The Hall–Kier alpha value is -1.70. The number of hydrogen-bond acceptors (Lipinski definition) is 6. The van der Waals surface area contributed by atoms with Gasteiger partial charge in [0.15, 0.2) is 4.34 Å². The molecular weight excluding hydrogens is 322 g/mol. The molecule has 7 heteroatoms. The number of thioether (sulfide) groups is 1. The van der Waals surface area contributed by atoms with E-state index in [1.165, 1.54) is 11.8 Å². The molecule has 0 radical (unpaired) electrons. The van der Waals surface area contributed by atoms with Crippen LogP contribution in [0, 0.1) is 0 Å². The van der Waals surface area contributed by atoms with Crippen LogP contribution in [0.4, 0.5) is 0 Å². The Bertz CT molecular complexity index is 732. The smallest absolute Gasteiger partial charge is 0.250 e. The van der Waals surface area contributed by atoms with E-state index in [4.69, 9.17) is 0 Å². The maximum Gasteiger partial charge on any atom is 0.250 e. The van der Waals surface area contributed by atoms with Gasteiger partial charge in [0.1, 0.15) is 0 Å². The van der Waals surface area contributed by atoms with Gasteiger partial charge in [-0.1, -0.05) is 23.9 Å². The zero-order valence-corrected chi connectivity index (χ0v) is 13.3. The fourth-order valence-corrected chi connectivity index (χ4v) is 4.07. The second kappa shape index (κ2) is 6.84. The lowest BCUT2D eigenvalue weighted by Crippen LogP contribution is -2.19. The van der Waals surface area contributed by atoms with Crippen LogP contribution in [0.3, 0.4) is 0 Å². The number of amides is 1. The summed E-state index contributed by atoms with van der Waals surface area (Å²) < 4.78 is 2.03. The standard InChI is InChI=1S/C14H11N3OS3/c18-13(17-15-7-10-5-6-19-8-10)9-20-14-16-11-3-1-2-4-12(11)21-14/h1-8H,9H2,(H,17,18). The summed E-state index contributed by atoms with van der Waals surface area (Å²) in [5.41, 5.74) is 4.47. The summed E-state index contributed by atoms with van der Waals surface area (Å²) in [5.74, 6) is 0.173. The largest absolute Gasteiger partial charge is 0.272 e. The van der Waals surface area contributed by atoms with Crippen molar-refractivity contribution in [2.45, 2.75) is 4.34 Å². The van der Waals surface area contributed by atoms with Gasteiger partial charge in [-0.3, -0.25) is 4.79 Å². The molecular formula is C14H11N3OS3. The van der Waals surface area contributed by atoms with Crippen LogP contribution in [0.15, 0.2) is 50.5 Å². The lowest BCUT2D eigenvalue weighted by molar-refractivity contribution is -0.118. The molecule has 106 valence electrons. The predicted octanol–water partition coefficient (Wildman–Crippen LogP) is 3.60. The normalized spacial score (nSPS) is 11.2. The van der Waals surface area contributed by atoms with E-state index in [0.717, 1.165) is 20.1 Å². The SMILES string of the molecule is O=C(CSc1nc2ccccc2s1)NN=Cc1ccsc1. The maximum atomic E-state index is 11.7. The topological polar surface area (TPSA) is 54.4 Å². The molecule has 0 saturated carbocycles. The van der Waals surface area contributed by atoms with E-state index >= 15 is 0 Å². The lowest BCUT2D eigenvalue weighted by atomic mass is 10.3. The number of nitrogens with zero attached hydrogens (tertiary/aromatic N) is 2. The Labute approximate surface area is 133 Å². The van der Waals surface area contributed by atoms with Gasteiger partial charge in [0.2, 0.25) is 0 Å². The van der Waals surface area contributed by atoms with Crippen molar-refractivity contribution in [1.29, 1.82) is 0 Å². The van der Waals surface area contributed by atoms with E-state index in [2.05, 4.69) is 15.5 Å². The third kappa shape index (κ3) is 3.90. The van der Waals surface area contributed by atoms with Crippen LogP contribution in [0.2, 0.25) is 0 Å². The summed E-state index contributed by atoms with van der Waals surface area (Å²) >= 11 is 4.61. The van der Waals surface area contributed by atoms with Crippen LogP contribution in [0.1, 0.15) is 5.56 Å². The fourth-order valence-electron chi connectivity index (χ4n) is 1.60. The maximum absolute atomic E-state index is 11.7. The summed E-state index contributed by atoms with van der Waals surface area (Å²) in [6.45, 7) is 0. The van der Waals surface area contributed by atoms with E-state index < -0.39 is 0 Å². The van der Waals surface area contributed by atoms with E-state index in [0.29, 0.717) is 5.75 Å². The molecule has 1 amide bonds. The highest BCUT2D eigenvalue weighted by molar-refractivity contribution is 8.01. The first-order valence-electron chi connectivity index (χ1n) is 6.14. The molecule has 0 atom stereocenters. The molecule has 0 saturated heterocycles. The van der Waals surface area contributed by atoms with Gasteiger partial charge in [-0.2, -0.15) is 16.4 Å². The Morgan fingerprint density at radius 2 is 2.29 bits per heavy atom. The summed E-state index contributed by atoms with van der Waals surface area (Å²) in [6, 6.07) is 9.89. The number of thiazole rings is 1. The summed E-state index contributed by atoms with van der Waals surface area (Å²) in [5, 5.41) is 7.85. The van der Waals surface area contributed by atoms with Gasteiger partial charge in [-0.25, -0.2) is 10.4 Å². The highest BCUT2D eigenvalue weighted by atomic mass is 32.2. The quantitative estimate of drug-likeness (QED) is 0.441. The summed E-state index contributed by atoms with van der Waals surface area (Å²) in [4.78, 5) is 16.2. The lowest BCUT2D eigenvalue weighted by Gasteiger charge is -1.96. The molecule has 3 rings (SSSR count). The fraction of sp³-hybridized carbons (Fsp3) is 0.0714. The van der Waals surface area contributed by atoms with Crippen LogP contribution in [0.25, 0.3) is 10.2 Å². The number of carbonyl (C=O) groups excluding carboxylic acids is 1. The number of rotatable bonds is 5. The number of benzene rings is 1.